The summed E-state index contributed by atoms with van der Waals surface area (Å²) < 4.78 is 0. The molecular weight excluding hydrogens is 370 g/mol. The first kappa shape index (κ1) is 20.7. The molecule has 0 aromatic heterocycles. The van der Waals surface area contributed by atoms with Crippen LogP contribution in [0.25, 0.3) is 10.8 Å². The maximum absolute atomic E-state index is 13.2. The van der Waals surface area contributed by atoms with Gasteiger partial charge in [-0.15, -0.1) is 0 Å². The van der Waals surface area contributed by atoms with Crippen molar-refractivity contribution in [3.63, 3.8) is 0 Å². The number of hydrogen-bond donors (Lipinski definition) is 1. The zero-order valence-electron chi connectivity index (χ0n) is 18.2. The molecule has 1 N–H and O–H groups in total. The van der Waals surface area contributed by atoms with Crippen LogP contribution in [0.4, 0.5) is 0 Å². The Morgan fingerprint density at radius 2 is 1.83 bits per heavy atom. The van der Waals surface area contributed by atoms with Gasteiger partial charge < -0.3 is 15.1 Å². The number of carbonyl (C=O) groups excluding carboxylic acids is 1. The molecule has 4 rings (SSSR count). The highest BCUT2D eigenvalue weighted by Gasteiger charge is 2.19. The molecule has 1 fully saturated rings. The fraction of sp³-hybridized carbons (Fsp3) is 0.423. The van der Waals surface area contributed by atoms with Gasteiger partial charge in [0.25, 0.3) is 5.91 Å². The molecular formula is C26H33N3O. The second-order valence-corrected chi connectivity index (χ2v) is 8.98. The molecule has 0 atom stereocenters. The number of rotatable bonds is 6. The zero-order valence-corrected chi connectivity index (χ0v) is 18.2. The largest absolute Gasteiger partial charge is 0.371 e. The van der Waals surface area contributed by atoms with Crippen molar-refractivity contribution in [1.29, 1.82) is 0 Å². The molecule has 2 aromatic rings. The van der Waals surface area contributed by atoms with Gasteiger partial charge in [-0.3, -0.25) is 4.79 Å². The second kappa shape index (κ2) is 9.48. The fourth-order valence-corrected chi connectivity index (χ4v) is 4.76. The number of carbonyl (C=O) groups is 1. The van der Waals surface area contributed by atoms with Gasteiger partial charge in [0.15, 0.2) is 0 Å². The van der Waals surface area contributed by atoms with Gasteiger partial charge in [0.2, 0.25) is 0 Å². The van der Waals surface area contributed by atoms with Gasteiger partial charge in [-0.1, -0.05) is 49.6 Å². The van der Waals surface area contributed by atoms with Crippen molar-refractivity contribution < 1.29 is 4.79 Å². The number of nitrogens with one attached hydrogen (secondary N) is 1. The molecule has 1 saturated carbocycles. The number of amides is 1. The number of benzene rings is 2. The number of nitrogens with zero attached hydrogens (tertiary/aromatic N) is 2. The van der Waals surface area contributed by atoms with E-state index in [1.54, 1.807) is 0 Å². The summed E-state index contributed by atoms with van der Waals surface area (Å²) in [4.78, 5) is 17.7. The Bertz CT molecular complexity index is 954. The Kier molecular flexibility index (Phi) is 6.53. The summed E-state index contributed by atoms with van der Waals surface area (Å²) >= 11 is 0. The molecule has 1 amide bonds. The molecule has 2 aromatic carbocycles. The van der Waals surface area contributed by atoms with Crippen LogP contribution in [-0.4, -0.2) is 42.9 Å². The standard InChI is InChI=1S/C26H33N3O/c1-28(2)18-21-14-15-25(24-13-7-6-12-23(21)24)26(30)27-22-11-8-16-29(19-22)17-20-9-4-3-5-10-20/h6-8,11-16,20H,3-5,9-10,17-19H2,1-2H3,(H,27,30). The predicted octanol–water partition coefficient (Wildman–Crippen LogP) is 4.92. The molecule has 0 saturated heterocycles. The van der Waals surface area contributed by atoms with E-state index in [1.165, 1.54) is 37.7 Å². The van der Waals surface area contributed by atoms with Crippen molar-refractivity contribution >= 4 is 16.7 Å². The quantitative estimate of drug-likeness (QED) is 0.743. The summed E-state index contributed by atoms with van der Waals surface area (Å²) in [6.45, 7) is 2.72. The minimum absolute atomic E-state index is 0.0261. The molecule has 0 radical (unpaired) electrons. The third-order valence-corrected chi connectivity index (χ3v) is 6.20. The van der Waals surface area contributed by atoms with Crippen LogP contribution in [0.3, 0.4) is 0 Å². The van der Waals surface area contributed by atoms with Crippen LogP contribution in [0.2, 0.25) is 0 Å². The van der Waals surface area contributed by atoms with E-state index < -0.39 is 0 Å². The van der Waals surface area contributed by atoms with Crippen molar-refractivity contribution in [3.05, 3.63) is 71.6 Å². The lowest BCUT2D eigenvalue weighted by molar-refractivity contribution is 0.0964. The number of fused-ring (bicyclic) bond motifs is 1. The summed E-state index contributed by atoms with van der Waals surface area (Å²) in [5, 5.41) is 5.34. The van der Waals surface area contributed by atoms with Crippen LogP contribution in [0.15, 0.2) is 60.4 Å². The van der Waals surface area contributed by atoms with Crippen molar-refractivity contribution in [1.82, 2.24) is 15.1 Å². The maximum Gasteiger partial charge on any atom is 0.256 e. The van der Waals surface area contributed by atoms with E-state index in [9.17, 15) is 4.79 Å². The molecule has 30 heavy (non-hydrogen) atoms. The van der Waals surface area contributed by atoms with Gasteiger partial charge in [0, 0.05) is 24.4 Å². The molecule has 1 aliphatic heterocycles. The van der Waals surface area contributed by atoms with E-state index in [4.69, 9.17) is 0 Å². The Balaban J connectivity index is 1.47. The Morgan fingerprint density at radius 3 is 2.60 bits per heavy atom. The average Bonchev–Trinajstić information content (AvgIpc) is 2.74. The summed E-state index contributed by atoms with van der Waals surface area (Å²) in [5.74, 6) is 0.758. The highest BCUT2D eigenvalue weighted by Crippen LogP contribution is 2.26. The van der Waals surface area contributed by atoms with Gasteiger partial charge in [0.05, 0.1) is 6.54 Å². The predicted molar refractivity (Wildman–Crippen MR) is 124 cm³/mol. The van der Waals surface area contributed by atoms with Crippen LogP contribution in [0, 0.1) is 5.92 Å². The average molecular weight is 404 g/mol. The topological polar surface area (TPSA) is 35.6 Å². The van der Waals surface area contributed by atoms with Crippen molar-refractivity contribution in [2.45, 2.75) is 38.6 Å². The molecule has 0 spiro atoms. The number of hydrogen-bond acceptors (Lipinski definition) is 3. The summed E-state index contributed by atoms with van der Waals surface area (Å²) in [5.41, 5.74) is 2.95. The van der Waals surface area contributed by atoms with Crippen LogP contribution in [0.1, 0.15) is 48.0 Å². The molecule has 158 valence electrons. The molecule has 1 heterocycles. The monoisotopic (exact) mass is 403 g/mol. The first-order chi connectivity index (χ1) is 14.6. The minimum atomic E-state index is -0.0261. The van der Waals surface area contributed by atoms with Crippen LogP contribution < -0.4 is 5.32 Å². The van der Waals surface area contributed by atoms with Crippen LogP contribution >= 0.6 is 0 Å². The Hall–Kier alpha value is -2.59. The van der Waals surface area contributed by atoms with Crippen LogP contribution in [0.5, 0.6) is 0 Å². The third-order valence-electron chi connectivity index (χ3n) is 6.20. The molecule has 4 heteroatoms. The van der Waals surface area contributed by atoms with Crippen molar-refractivity contribution in [2.24, 2.45) is 5.92 Å². The molecule has 4 nitrogen and oxygen atoms in total. The van der Waals surface area contributed by atoms with Crippen molar-refractivity contribution in [3.8, 4) is 0 Å². The SMILES string of the molecule is CN(C)Cc1ccc(C(=O)NC2=CC=CN(CC3CCCCC3)C2)c2ccccc12. The first-order valence-electron chi connectivity index (χ1n) is 11.2. The van der Waals surface area contributed by atoms with Gasteiger partial charge in [-0.2, -0.15) is 0 Å². The van der Waals surface area contributed by atoms with E-state index in [0.717, 1.165) is 47.6 Å². The van der Waals surface area contributed by atoms with Crippen LogP contribution in [-0.2, 0) is 6.54 Å². The van der Waals surface area contributed by atoms with Gasteiger partial charge in [0.1, 0.15) is 0 Å². The Morgan fingerprint density at radius 1 is 1.07 bits per heavy atom. The fourth-order valence-electron chi connectivity index (χ4n) is 4.76. The highest BCUT2D eigenvalue weighted by atomic mass is 16.1. The van der Waals surface area contributed by atoms with E-state index in [1.807, 2.05) is 30.3 Å². The Labute approximate surface area is 180 Å². The van der Waals surface area contributed by atoms with Gasteiger partial charge >= 0.3 is 0 Å². The van der Waals surface area contributed by atoms with E-state index in [2.05, 4.69) is 53.6 Å². The van der Waals surface area contributed by atoms with Gasteiger partial charge in [-0.25, -0.2) is 0 Å². The zero-order chi connectivity index (χ0) is 20.9. The normalized spacial score (nSPS) is 17.4. The highest BCUT2D eigenvalue weighted by molar-refractivity contribution is 6.08. The maximum atomic E-state index is 13.2. The van der Waals surface area contributed by atoms with Gasteiger partial charge in [-0.05, 0) is 73.6 Å². The smallest absolute Gasteiger partial charge is 0.256 e. The minimum Gasteiger partial charge on any atom is -0.371 e. The van der Waals surface area contributed by atoms with Crippen molar-refractivity contribution in [2.75, 3.05) is 27.2 Å². The van der Waals surface area contributed by atoms with E-state index in [-0.39, 0.29) is 5.91 Å². The lowest BCUT2D eigenvalue weighted by atomic mass is 9.89. The molecule has 1 aliphatic carbocycles. The first-order valence-corrected chi connectivity index (χ1v) is 11.2. The number of allylic oxidation sites excluding steroid dienone is 2. The molecule has 0 unspecified atom stereocenters. The molecule has 0 bridgehead atoms. The second-order valence-electron chi connectivity index (χ2n) is 8.98. The summed E-state index contributed by atoms with van der Waals surface area (Å²) in [7, 11) is 4.13. The van der Waals surface area contributed by atoms with E-state index >= 15 is 0 Å². The third kappa shape index (κ3) is 4.93. The van der Waals surface area contributed by atoms with E-state index in [0.29, 0.717) is 0 Å². The lowest BCUT2D eigenvalue weighted by Gasteiger charge is -2.31. The lowest BCUT2D eigenvalue weighted by Crippen LogP contribution is -2.35. The summed E-state index contributed by atoms with van der Waals surface area (Å²) in [6, 6.07) is 12.3. The molecule has 2 aliphatic rings. The summed E-state index contributed by atoms with van der Waals surface area (Å²) in [6.07, 6.45) is 13.0.